The van der Waals surface area contributed by atoms with E-state index in [1.807, 2.05) is 0 Å². The lowest BCUT2D eigenvalue weighted by atomic mass is 10.3. The van der Waals surface area contributed by atoms with Crippen LogP contribution in [0.15, 0.2) is 22.7 Å². The molecule has 1 aromatic rings. The third-order valence-electron chi connectivity index (χ3n) is 2.72. The van der Waals surface area contributed by atoms with Crippen molar-refractivity contribution < 1.29 is 23.5 Å². The number of methoxy groups -OCH3 is 1. The molecule has 7 heteroatoms. The van der Waals surface area contributed by atoms with Crippen LogP contribution in [0.1, 0.15) is 13.8 Å². The number of carbonyl (C=O) groups excluding carboxylic acids is 2. The van der Waals surface area contributed by atoms with Crippen molar-refractivity contribution in [2.24, 2.45) is 0 Å². The first-order chi connectivity index (χ1) is 9.85. The molecule has 0 N–H and O–H groups in total. The standard InChI is InChI=1S/C14H17BrFNO4/c1-9(2)17(7-14(19)20-3)13(18)8-21-12-5-4-10(15)6-11(12)16/h4-6,9H,7-8H2,1-3H3. The number of halogens is 2. The first-order valence-electron chi connectivity index (χ1n) is 6.29. The van der Waals surface area contributed by atoms with E-state index in [0.717, 1.165) is 0 Å². The smallest absolute Gasteiger partial charge is 0.325 e. The molecule has 0 unspecified atom stereocenters. The quantitative estimate of drug-likeness (QED) is 0.730. The molecule has 0 fully saturated rings. The molecule has 5 nitrogen and oxygen atoms in total. The summed E-state index contributed by atoms with van der Waals surface area (Å²) in [5.41, 5.74) is 0. The lowest BCUT2D eigenvalue weighted by Gasteiger charge is -2.25. The number of rotatable bonds is 6. The maximum absolute atomic E-state index is 13.6. The second-order valence-electron chi connectivity index (χ2n) is 4.55. The summed E-state index contributed by atoms with van der Waals surface area (Å²) in [7, 11) is 1.25. The second-order valence-corrected chi connectivity index (χ2v) is 5.47. The van der Waals surface area contributed by atoms with Gasteiger partial charge in [-0.3, -0.25) is 9.59 Å². The Morgan fingerprint density at radius 1 is 1.38 bits per heavy atom. The average Bonchev–Trinajstić information content (AvgIpc) is 2.42. The number of nitrogens with zero attached hydrogens (tertiary/aromatic N) is 1. The van der Waals surface area contributed by atoms with E-state index in [2.05, 4.69) is 20.7 Å². The molecule has 0 bridgehead atoms. The molecule has 1 aromatic carbocycles. The highest BCUT2D eigenvalue weighted by Gasteiger charge is 2.21. The highest BCUT2D eigenvalue weighted by Crippen LogP contribution is 2.21. The van der Waals surface area contributed by atoms with Crippen molar-refractivity contribution in [1.82, 2.24) is 4.90 Å². The number of benzene rings is 1. The van der Waals surface area contributed by atoms with Gasteiger partial charge in [-0.15, -0.1) is 0 Å². The fourth-order valence-electron chi connectivity index (χ4n) is 1.58. The first kappa shape index (κ1) is 17.4. The highest BCUT2D eigenvalue weighted by atomic mass is 79.9. The number of esters is 1. The third-order valence-corrected chi connectivity index (χ3v) is 3.21. The third kappa shape index (κ3) is 5.34. The summed E-state index contributed by atoms with van der Waals surface area (Å²) >= 11 is 3.13. The molecule has 21 heavy (non-hydrogen) atoms. The minimum absolute atomic E-state index is 0.0201. The number of hydrogen-bond donors (Lipinski definition) is 0. The predicted molar refractivity (Wildman–Crippen MR) is 78.5 cm³/mol. The van der Waals surface area contributed by atoms with Gasteiger partial charge in [0.1, 0.15) is 6.54 Å². The van der Waals surface area contributed by atoms with Gasteiger partial charge in [0.25, 0.3) is 5.91 Å². The largest absolute Gasteiger partial charge is 0.481 e. The Balaban J connectivity index is 2.67. The topological polar surface area (TPSA) is 55.8 Å². The van der Waals surface area contributed by atoms with Crippen molar-refractivity contribution in [3.8, 4) is 5.75 Å². The van der Waals surface area contributed by atoms with Crippen molar-refractivity contribution in [3.63, 3.8) is 0 Å². The molecule has 0 heterocycles. The Hall–Kier alpha value is -1.63. The van der Waals surface area contributed by atoms with Crippen LogP contribution in [0.3, 0.4) is 0 Å². The Morgan fingerprint density at radius 3 is 2.57 bits per heavy atom. The summed E-state index contributed by atoms with van der Waals surface area (Å²) in [5, 5.41) is 0. The van der Waals surface area contributed by atoms with Gasteiger partial charge < -0.3 is 14.4 Å². The van der Waals surface area contributed by atoms with Crippen LogP contribution in [0, 0.1) is 5.82 Å². The maximum Gasteiger partial charge on any atom is 0.325 e. The van der Waals surface area contributed by atoms with E-state index in [1.165, 1.54) is 24.1 Å². The summed E-state index contributed by atoms with van der Waals surface area (Å²) in [6, 6.07) is 4.08. The molecular weight excluding hydrogens is 345 g/mol. The minimum Gasteiger partial charge on any atom is -0.481 e. The molecule has 0 aliphatic rings. The molecule has 0 aliphatic heterocycles. The maximum atomic E-state index is 13.6. The molecule has 0 radical (unpaired) electrons. The van der Waals surface area contributed by atoms with E-state index in [0.29, 0.717) is 4.47 Å². The number of carbonyl (C=O) groups is 2. The first-order valence-corrected chi connectivity index (χ1v) is 7.08. The van der Waals surface area contributed by atoms with Gasteiger partial charge in [-0.05, 0) is 32.0 Å². The van der Waals surface area contributed by atoms with Crippen LogP contribution in [0.4, 0.5) is 4.39 Å². The van der Waals surface area contributed by atoms with Crippen molar-refractivity contribution in [3.05, 3.63) is 28.5 Å². The number of hydrogen-bond acceptors (Lipinski definition) is 4. The number of amides is 1. The Morgan fingerprint density at radius 2 is 2.05 bits per heavy atom. The van der Waals surface area contributed by atoms with Crippen LogP contribution < -0.4 is 4.74 Å². The van der Waals surface area contributed by atoms with E-state index in [1.54, 1.807) is 19.9 Å². The van der Waals surface area contributed by atoms with Crippen molar-refractivity contribution >= 4 is 27.8 Å². The van der Waals surface area contributed by atoms with Crippen molar-refractivity contribution in [1.29, 1.82) is 0 Å². The van der Waals surface area contributed by atoms with E-state index in [4.69, 9.17) is 4.74 Å². The Labute approximate surface area is 131 Å². The highest BCUT2D eigenvalue weighted by molar-refractivity contribution is 9.10. The predicted octanol–water partition coefficient (Wildman–Crippen LogP) is 2.38. The van der Waals surface area contributed by atoms with Gasteiger partial charge in [0.15, 0.2) is 18.2 Å². The van der Waals surface area contributed by atoms with Crippen LogP contribution in [0.5, 0.6) is 5.75 Å². The van der Waals surface area contributed by atoms with Gasteiger partial charge >= 0.3 is 5.97 Å². The molecule has 1 rings (SSSR count). The molecule has 0 aromatic heterocycles. The van der Waals surface area contributed by atoms with Gasteiger partial charge in [0.2, 0.25) is 0 Å². The fraction of sp³-hybridized carbons (Fsp3) is 0.429. The van der Waals surface area contributed by atoms with Crippen LogP contribution in [-0.4, -0.2) is 43.1 Å². The molecule has 0 saturated heterocycles. The zero-order valence-corrected chi connectivity index (χ0v) is 13.6. The average molecular weight is 362 g/mol. The summed E-state index contributed by atoms with van der Waals surface area (Å²) in [6.07, 6.45) is 0. The molecular formula is C14H17BrFNO4. The number of ether oxygens (including phenoxy) is 2. The van der Waals surface area contributed by atoms with Crippen LogP contribution >= 0.6 is 15.9 Å². The summed E-state index contributed by atoms with van der Waals surface area (Å²) in [4.78, 5) is 24.6. The monoisotopic (exact) mass is 361 g/mol. The van der Waals surface area contributed by atoms with Crippen molar-refractivity contribution in [2.75, 3.05) is 20.3 Å². The summed E-state index contributed by atoms with van der Waals surface area (Å²) in [6.45, 7) is 3.01. The normalized spacial score (nSPS) is 10.4. The molecule has 0 saturated carbocycles. The Bertz CT molecular complexity index is 522. The second kappa shape index (κ2) is 7.97. The van der Waals surface area contributed by atoms with E-state index in [9.17, 15) is 14.0 Å². The van der Waals surface area contributed by atoms with Gasteiger partial charge in [0.05, 0.1) is 7.11 Å². The fourth-order valence-corrected chi connectivity index (χ4v) is 1.91. The SMILES string of the molecule is COC(=O)CN(C(=O)COc1ccc(Br)cc1F)C(C)C. The van der Waals surface area contributed by atoms with E-state index >= 15 is 0 Å². The Kier molecular flexibility index (Phi) is 6.61. The van der Waals surface area contributed by atoms with E-state index in [-0.39, 0.29) is 24.9 Å². The van der Waals surface area contributed by atoms with Crippen LogP contribution in [-0.2, 0) is 14.3 Å². The van der Waals surface area contributed by atoms with Crippen molar-refractivity contribution in [2.45, 2.75) is 19.9 Å². The lowest BCUT2D eigenvalue weighted by molar-refractivity contribution is -0.149. The van der Waals surface area contributed by atoms with Gasteiger partial charge in [0, 0.05) is 10.5 Å². The summed E-state index contributed by atoms with van der Waals surface area (Å²) < 4.78 is 23.8. The lowest BCUT2D eigenvalue weighted by Crippen LogP contribution is -2.43. The van der Waals surface area contributed by atoms with Gasteiger partial charge in [-0.25, -0.2) is 4.39 Å². The summed E-state index contributed by atoms with van der Waals surface area (Å²) in [5.74, 6) is -1.53. The van der Waals surface area contributed by atoms with Gasteiger partial charge in [-0.1, -0.05) is 15.9 Å². The van der Waals surface area contributed by atoms with E-state index < -0.39 is 17.7 Å². The zero-order chi connectivity index (χ0) is 16.0. The van der Waals surface area contributed by atoms with Crippen LogP contribution in [0.2, 0.25) is 0 Å². The van der Waals surface area contributed by atoms with Gasteiger partial charge in [-0.2, -0.15) is 0 Å². The molecule has 1 amide bonds. The molecule has 116 valence electrons. The van der Waals surface area contributed by atoms with Crippen LogP contribution in [0.25, 0.3) is 0 Å². The zero-order valence-electron chi connectivity index (χ0n) is 12.1. The molecule has 0 spiro atoms. The molecule has 0 aliphatic carbocycles. The molecule has 0 atom stereocenters. The minimum atomic E-state index is -0.568.